The summed E-state index contributed by atoms with van der Waals surface area (Å²) in [6.07, 6.45) is 5.49. The molecule has 1 atom stereocenters. The second-order valence-corrected chi connectivity index (χ2v) is 5.42. The zero-order valence-corrected chi connectivity index (χ0v) is 11.2. The zero-order valence-electron chi connectivity index (χ0n) is 11.2. The molecule has 4 heteroatoms. The van der Waals surface area contributed by atoms with Gasteiger partial charge in [0.1, 0.15) is 6.04 Å². The van der Waals surface area contributed by atoms with Crippen molar-refractivity contribution in [3.8, 4) is 0 Å². The first-order chi connectivity index (χ1) is 9.33. The average molecular weight is 259 g/mol. The molecule has 2 aliphatic rings. The number of rotatable bonds is 2. The summed E-state index contributed by atoms with van der Waals surface area (Å²) < 4.78 is 0. The molecule has 3 rings (SSSR count). The van der Waals surface area contributed by atoms with Crippen LogP contribution < -0.4 is 10.7 Å². The monoisotopic (exact) mass is 259 g/mol. The Morgan fingerprint density at radius 3 is 2.84 bits per heavy atom. The van der Waals surface area contributed by atoms with E-state index in [9.17, 15) is 4.79 Å². The number of nitrogens with one attached hydrogen (secondary N) is 2. The second-order valence-electron chi connectivity index (χ2n) is 5.42. The standard InChI is InChI=1S/C15H21N3O/c19-15(17-18-10-4-1-5-11-18)14-9-8-12-6-2-3-7-13(12)16-14/h2-3,6-7,14,16H,1,4-5,8-11H2,(H,17,19). The van der Waals surface area contributed by atoms with Crippen LogP contribution in [0.2, 0.25) is 0 Å². The van der Waals surface area contributed by atoms with Gasteiger partial charge in [0.05, 0.1) is 0 Å². The second kappa shape index (κ2) is 5.61. The third-order valence-corrected chi connectivity index (χ3v) is 3.99. The Balaban J connectivity index is 1.59. The number of nitrogens with zero attached hydrogens (tertiary/aromatic N) is 1. The van der Waals surface area contributed by atoms with Gasteiger partial charge in [-0.25, -0.2) is 5.01 Å². The number of hydrogen-bond donors (Lipinski definition) is 2. The molecule has 4 nitrogen and oxygen atoms in total. The lowest BCUT2D eigenvalue weighted by atomic mass is 9.98. The van der Waals surface area contributed by atoms with E-state index in [-0.39, 0.29) is 11.9 Å². The summed E-state index contributed by atoms with van der Waals surface area (Å²) in [5.41, 5.74) is 5.47. The molecule has 0 bridgehead atoms. The molecule has 0 radical (unpaired) electrons. The van der Waals surface area contributed by atoms with E-state index in [1.54, 1.807) is 0 Å². The van der Waals surface area contributed by atoms with Gasteiger partial charge in [0.2, 0.25) is 0 Å². The fourth-order valence-electron chi connectivity index (χ4n) is 2.87. The summed E-state index contributed by atoms with van der Waals surface area (Å²) >= 11 is 0. The molecule has 1 fully saturated rings. The van der Waals surface area contributed by atoms with E-state index in [0.717, 1.165) is 31.6 Å². The normalized spacial score (nSPS) is 23.3. The lowest BCUT2D eigenvalue weighted by molar-refractivity contribution is -0.127. The maximum absolute atomic E-state index is 12.3. The lowest BCUT2D eigenvalue weighted by Gasteiger charge is -2.31. The summed E-state index contributed by atoms with van der Waals surface area (Å²) in [7, 11) is 0. The molecule has 0 aliphatic carbocycles. The van der Waals surface area contributed by atoms with Gasteiger partial charge in [0, 0.05) is 18.8 Å². The van der Waals surface area contributed by atoms with Crippen LogP contribution in [0.3, 0.4) is 0 Å². The molecular formula is C15H21N3O. The first-order valence-corrected chi connectivity index (χ1v) is 7.23. The Labute approximate surface area is 114 Å². The molecule has 1 aromatic carbocycles. The van der Waals surface area contributed by atoms with Gasteiger partial charge in [-0.3, -0.25) is 10.2 Å². The lowest BCUT2D eigenvalue weighted by Crippen LogP contribution is -2.51. The van der Waals surface area contributed by atoms with Gasteiger partial charge in [-0.1, -0.05) is 24.6 Å². The number of amides is 1. The van der Waals surface area contributed by atoms with Crippen LogP contribution >= 0.6 is 0 Å². The van der Waals surface area contributed by atoms with E-state index in [0.29, 0.717) is 0 Å². The highest BCUT2D eigenvalue weighted by Gasteiger charge is 2.25. The third kappa shape index (κ3) is 2.89. The highest BCUT2D eigenvalue weighted by molar-refractivity contribution is 5.85. The van der Waals surface area contributed by atoms with Gasteiger partial charge in [-0.2, -0.15) is 0 Å². The van der Waals surface area contributed by atoms with E-state index in [2.05, 4.69) is 34.0 Å². The first-order valence-electron chi connectivity index (χ1n) is 7.23. The predicted molar refractivity (Wildman–Crippen MR) is 75.7 cm³/mol. The summed E-state index contributed by atoms with van der Waals surface area (Å²) in [4.78, 5) is 12.3. The number of hydrogen-bond acceptors (Lipinski definition) is 3. The number of anilines is 1. The minimum atomic E-state index is -0.100. The molecule has 2 aliphatic heterocycles. The van der Waals surface area contributed by atoms with Crippen LogP contribution in [-0.2, 0) is 11.2 Å². The fraction of sp³-hybridized carbons (Fsp3) is 0.533. The number of para-hydroxylation sites is 1. The molecule has 2 heterocycles. The van der Waals surface area contributed by atoms with Crippen LogP contribution in [0.4, 0.5) is 5.69 Å². The molecule has 0 aromatic heterocycles. The number of aryl methyl sites for hydroxylation is 1. The molecule has 19 heavy (non-hydrogen) atoms. The van der Waals surface area contributed by atoms with Gasteiger partial charge in [0.15, 0.2) is 0 Å². The molecule has 0 saturated carbocycles. The van der Waals surface area contributed by atoms with Crippen molar-refractivity contribution in [3.63, 3.8) is 0 Å². The maximum atomic E-state index is 12.3. The Hall–Kier alpha value is -1.55. The van der Waals surface area contributed by atoms with Crippen molar-refractivity contribution in [2.75, 3.05) is 18.4 Å². The third-order valence-electron chi connectivity index (χ3n) is 3.99. The van der Waals surface area contributed by atoms with Crippen molar-refractivity contribution in [2.24, 2.45) is 0 Å². The number of fused-ring (bicyclic) bond motifs is 1. The van der Waals surface area contributed by atoms with E-state index < -0.39 is 0 Å². The quantitative estimate of drug-likeness (QED) is 0.853. The van der Waals surface area contributed by atoms with Crippen molar-refractivity contribution in [3.05, 3.63) is 29.8 Å². The van der Waals surface area contributed by atoms with E-state index in [1.165, 1.54) is 24.8 Å². The smallest absolute Gasteiger partial charge is 0.256 e. The molecule has 1 aromatic rings. The summed E-state index contributed by atoms with van der Waals surface area (Å²) in [5, 5.41) is 5.41. The molecule has 1 saturated heterocycles. The maximum Gasteiger partial charge on any atom is 0.256 e. The van der Waals surface area contributed by atoms with Crippen LogP contribution in [-0.4, -0.2) is 30.0 Å². The summed E-state index contributed by atoms with van der Waals surface area (Å²) in [5.74, 6) is 0.108. The average Bonchev–Trinajstić information content (AvgIpc) is 2.48. The van der Waals surface area contributed by atoms with Crippen molar-refractivity contribution in [2.45, 2.75) is 38.1 Å². The highest BCUT2D eigenvalue weighted by atomic mass is 16.2. The van der Waals surface area contributed by atoms with Gasteiger partial charge < -0.3 is 5.32 Å². The number of carbonyl (C=O) groups is 1. The van der Waals surface area contributed by atoms with Gasteiger partial charge in [-0.15, -0.1) is 0 Å². The van der Waals surface area contributed by atoms with Gasteiger partial charge >= 0.3 is 0 Å². The topological polar surface area (TPSA) is 44.4 Å². The van der Waals surface area contributed by atoms with Crippen LogP contribution in [0.25, 0.3) is 0 Å². The van der Waals surface area contributed by atoms with Crippen LogP contribution in [0.15, 0.2) is 24.3 Å². The van der Waals surface area contributed by atoms with Crippen molar-refractivity contribution in [1.82, 2.24) is 10.4 Å². The predicted octanol–water partition coefficient (Wildman–Crippen LogP) is 1.93. The molecule has 102 valence electrons. The van der Waals surface area contributed by atoms with Crippen molar-refractivity contribution < 1.29 is 4.79 Å². The summed E-state index contributed by atoms with van der Waals surface area (Å²) in [6, 6.07) is 8.14. The molecule has 1 amide bonds. The van der Waals surface area contributed by atoms with Crippen molar-refractivity contribution in [1.29, 1.82) is 0 Å². The SMILES string of the molecule is O=C(NN1CCCCC1)C1CCc2ccccc2N1. The van der Waals surface area contributed by atoms with E-state index >= 15 is 0 Å². The number of hydrazine groups is 1. The zero-order chi connectivity index (χ0) is 13.1. The minimum Gasteiger partial charge on any atom is -0.373 e. The summed E-state index contributed by atoms with van der Waals surface area (Å²) in [6.45, 7) is 1.96. The molecular weight excluding hydrogens is 238 g/mol. The van der Waals surface area contributed by atoms with Crippen LogP contribution in [0, 0.1) is 0 Å². The highest BCUT2D eigenvalue weighted by Crippen LogP contribution is 2.24. The van der Waals surface area contributed by atoms with E-state index in [1.807, 2.05) is 6.07 Å². The molecule has 1 unspecified atom stereocenters. The largest absolute Gasteiger partial charge is 0.373 e. The first kappa shape index (κ1) is 12.5. The van der Waals surface area contributed by atoms with Gasteiger partial charge in [-0.05, 0) is 37.3 Å². The van der Waals surface area contributed by atoms with Crippen LogP contribution in [0.5, 0.6) is 0 Å². The number of carbonyl (C=O) groups excluding carboxylic acids is 1. The Kier molecular flexibility index (Phi) is 3.69. The van der Waals surface area contributed by atoms with Gasteiger partial charge in [0.25, 0.3) is 5.91 Å². The minimum absolute atomic E-state index is 0.100. The van der Waals surface area contributed by atoms with E-state index in [4.69, 9.17) is 0 Å². The van der Waals surface area contributed by atoms with Crippen molar-refractivity contribution >= 4 is 11.6 Å². The molecule has 0 spiro atoms. The van der Waals surface area contributed by atoms with Crippen LogP contribution in [0.1, 0.15) is 31.2 Å². The number of benzene rings is 1. The Morgan fingerprint density at radius 1 is 1.21 bits per heavy atom. The number of piperidine rings is 1. The molecule has 2 N–H and O–H groups in total. The Morgan fingerprint density at radius 2 is 2.00 bits per heavy atom. The fourth-order valence-corrected chi connectivity index (χ4v) is 2.87. The Bertz CT molecular complexity index is 454.